The van der Waals surface area contributed by atoms with Gasteiger partial charge in [-0.2, -0.15) is 0 Å². The Morgan fingerprint density at radius 1 is 0.826 bits per heavy atom. The lowest BCUT2D eigenvalue weighted by atomic mass is 9.89. The molecule has 46 heavy (non-hydrogen) atoms. The monoisotopic (exact) mass is 649 g/mol. The lowest BCUT2D eigenvalue weighted by Crippen LogP contribution is -2.56. The van der Waals surface area contributed by atoms with Crippen molar-refractivity contribution in [3.05, 3.63) is 136 Å². The van der Waals surface area contributed by atoms with Gasteiger partial charge >= 0.3 is 0 Å². The molecule has 4 aromatic carbocycles. The molecule has 0 amide bonds. The van der Waals surface area contributed by atoms with Gasteiger partial charge in [0.25, 0.3) is 0 Å². The van der Waals surface area contributed by atoms with E-state index in [1.54, 1.807) is 7.11 Å². The average molecular weight is 650 g/mol. The van der Waals surface area contributed by atoms with E-state index in [9.17, 15) is 5.11 Å². The smallest absolute Gasteiger partial charge is 0.197 e. The van der Waals surface area contributed by atoms with Crippen LogP contribution in [0.1, 0.15) is 55.0 Å². The van der Waals surface area contributed by atoms with Gasteiger partial charge in [0.2, 0.25) is 0 Å². The number of aliphatic hydroxyl groups is 1. The van der Waals surface area contributed by atoms with Crippen LogP contribution in [0.25, 0.3) is 0 Å². The van der Waals surface area contributed by atoms with Gasteiger partial charge in [-0.15, -0.1) is 0 Å². The molecule has 7 nitrogen and oxygen atoms in total. The minimum atomic E-state index is -1.18. The molecule has 1 aliphatic rings. The van der Waals surface area contributed by atoms with Crippen LogP contribution < -0.4 is 10.9 Å². The zero-order valence-electron chi connectivity index (χ0n) is 27.4. The molecule has 1 heterocycles. The maximum atomic E-state index is 10.5. The highest BCUT2D eigenvalue weighted by molar-refractivity contribution is 6.31. The fourth-order valence-electron chi connectivity index (χ4n) is 5.51. The number of benzene rings is 4. The molecule has 0 aliphatic carbocycles. The number of ether oxygens (including phenoxy) is 5. The lowest BCUT2D eigenvalue weighted by molar-refractivity contribution is -0.335. The average Bonchev–Trinajstić information content (AvgIpc) is 3.10. The standard InChI is InChI=1S/C36H39ClO6.C2H6.H3N/c1-3-40-31-17-14-26(15-18-31)20-29-21-30(16-19-32(29)37)36(39-2)22-33(41-24-27-10-6-4-7-11-27)35(34(23-38)43-36)42-25-28-12-8-5-9-13-28;1-2;/h4-19,21,33-35,38H,3,20,22-25H2,1-2H3;1-2H3;1H3/t33?,34?,35-,36+;;/m0../s1. The van der Waals surface area contributed by atoms with Gasteiger partial charge in [-0.1, -0.05) is 104 Å². The second-order valence-corrected chi connectivity index (χ2v) is 11.1. The van der Waals surface area contributed by atoms with Gasteiger partial charge in [-0.05, 0) is 59.9 Å². The van der Waals surface area contributed by atoms with Gasteiger partial charge in [0.15, 0.2) is 5.79 Å². The van der Waals surface area contributed by atoms with E-state index in [1.165, 1.54) is 0 Å². The largest absolute Gasteiger partial charge is 0.494 e. The van der Waals surface area contributed by atoms with Crippen molar-refractivity contribution in [3.8, 4) is 5.75 Å². The summed E-state index contributed by atoms with van der Waals surface area (Å²) < 4.78 is 31.3. The van der Waals surface area contributed by atoms with E-state index in [0.29, 0.717) is 37.7 Å². The molecule has 0 radical (unpaired) electrons. The van der Waals surface area contributed by atoms with Gasteiger partial charge in [0.1, 0.15) is 18.0 Å². The summed E-state index contributed by atoms with van der Waals surface area (Å²) in [5.74, 6) is -0.347. The van der Waals surface area contributed by atoms with Crippen molar-refractivity contribution < 1.29 is 28.8 Å². The Bertz CT molecular complexity index is 1420. The highest BCUT2D eigenvalue weighted by Crippen LogP contribution is 2.42. The molecule has 8 heteroatoms. The quantitative estimate of drug-likeness (QED) is 0.150. The van der Waals surface area contributed by atoms with Crippen LogP contribution in [0.15, 0.2) is 103 Å². The van der Waals surface area contributed by atoms with E-state index in [2.05, 4.69) is 0 Å². The van der Waals surface area contributed by atoms with E-state index in [-0.39, 0.29) is 12.8 Å². The number of hydrogen-bond donors (Lipinski definition) is 2. The first-order chi connectivity index (χ1) is 22.0. The zero-order valence-corrected chi connectivity index (χ0v) is 28.1. The van der Waals surface area contributed by atoms with Gasteiger partial charge in [0.05, 0.1) is 32.5 Å². The Labute approximate surface area is 279 Å². The molecule has 0 bridgehead atoms. The highest BCUT2D eigenvalue weighted by Gasteiger charge is 2.50. The summed E-state index contributed by atoms with van der Waals surface area (Å²) >= 11 is 6.69. The van der Waals surface area contributed by atoms with Crippen molar-refractivity contribution in [1.82, 2.24) is 6.15 Å². The van der Waals surface area contributed by atoms with Crippen LogP contribution in [0.2, 0.25) is 5.02 Å². The Kier molecular flexibility index (Phi) is 15.2. The normalized spacial score (nSPS) is 20.6. The molecule has 248 valence electrons. The number of hydrogen-bond acceptors (Lipinski definition) is 7. The number of halogens is 1. The van der Waals surface area contributed by atoms with Crippen LogP contribution in [0, 0.1) is 0 Å². The van der Waals surface area contributed by atoms with Crippen LogP contribution in [0.4, 0.5) is 0 Å². The topological polar surface area (TPSA) is 101 Å². The van der Waals surface area contributed by atoms with E-state index >= 15 is 0 Å². The molecule has 4 aromatic rings. The minimum Gasteiger partial charge on any atom is -0.494 e. The van der Waals surface area contributed by atoms with Crippen molar-refractivity contribution >= 4 is 11.6 Å². The van der Waals surface area contributed by atoms with E-state index in [1.807, 2.05) is 124 Å². The third-order valence-corrected chi connectivity index (χ3v) is 8.13. The molecular formula is C38H48ClNO6. The summed E-state index contributed by atoms with van der Waals surface area (Å²) in [6.07, 6.45) is -0.661. The fraction of sp³-hybridized carbons (Fsp3) is 0.368. The van der Waals surface area contributed by atoms with Crippen molar-refractivity contribution in [2.24, 2.45) is 0 Å². The van der Waals surface area contributed by atoms with Crippen LogP contribution in [-0.4, -0.2) is 43.7 Å². The summed E-state index contributed by atoms with van der Waals surface area (Å²) in [4.78, 5) is 0. The first kappa shape index (κ1) is 37.2. The molecule has 2 unspecified atom stereocenters. The van der Waals surface area contributed by atoms with Gasteiger partial charge in [0, 0.05) is 24.1 Å². The predicted octanol–water partition coefficient (Wildman–Crippen LogP) is 8.27. The number of rotatable bonds is 13. The van der Waals surface area contributed by atoms with E-state index in [0.717, 1.165) is 33.6 Å². The van der Waals surface area contributed by atoms with Crippen molar-refractivity contribution in [2.75, 3.05) is 20.3 Å². The van der Waals surface area contributed by atoms with E-state index < -0.39 is 24.1 Å². The van der Waals surface area contributed by atoms with Gasteiger partial charge in [-0.3, -0.25) is 0 Å². The zero-order chi connectivity index (χ0) is 32.1. The summed E-state index contributed by atoms with van der Waals surface area (Å²) in [6.45, 7) is 7.08. The molecule has 0 spiro atoms. The minimum absolute atomic E-state index is 0. The van der Waals surface area contributed by atoms with Crippen LogP contribution in [-0.2, 0) is 44.4 Å². The predicted molar refractivity (Wildman–Crippen MR) is 184 cm³/mol. The molecule has 4 N–H and O–H groups in total. The van der Waals surface area contributed by atoms with E-state index in [4.69, 9.17) is 35.3 Å². The maximum Gasteiger partial charge on any atom is 0.197 e. The molecule has 5 rings (SSSR count). The Morgan fingerprint density at radius 2 is 1.43 bits per heavy atom. The number of methoxy groups -OCH3 is 1. The summed E-state index contributed by atoms with van der Waals surface area (Å²) in [5.41, 5.74) is 4.91. The Morgan fingerprint density at radius 3 is 2.00 bits per heavy atom. The third kappa shape index (κ3) is 9.62. The second-order valence-electron chi connectivity index (χ2n) is 10.7. The highest BCUT2D eigenvalue weighted by atomic mass is 35.5. The van der Waals surface area contributed by atoms with Crippen LogP contribution in [0.5, 0.6) is 5.75 Å². The molecule has 0 saturated carbocycles. The summed E-state index contributed by atoms with van der Waals surface area (Å²) in [5, 5.41) is 11.2. The summed E-state index contributed by atoms with van der Waals surface area (Å²) in [7, 11) is 1.62. The van der Waals surface area contributed by atoms with Gasteiger partial charge < -0.3 is 34.9 Å². The van der Waals surface area contributed by atoms with Crippen molar-refractivity contribution in [2.45, 2.75) is 70.9 Å². The first-order valence-electron chi connectivity index (χ1n) is 15.7. The Balaban J connectivity index is 0.00000188. The third-order valence-electron chi connectivity index (χ3n) is 7.76. The molecule has 0 aromatic heterocycles. The fourth-order valence-corrected chi connectivity index (χ4v) is 5.69. The maximum absolute atomic E-state index is 10.5. The van der Waals surface area contributed by atoms with Gasteiger partial charge in [-0.25, -0.2) is 0 Å². The summed E-state index contributed by atoms with van der Waals surface area (Å²) in [6, 6.07) is 33.8. The Hall–Kier alpha value is -3.27. The van der Waals surface area contributed by atoms with Crippen molar-refractivity contribution in [1.29, 1.82) is 0 Å². The second kappa shape index (κ2) is 18.8. The van der Waals surface area contributed by atoms with Crippen LogP contribution in [0.3, 0.4) is 0 Å². The molecule has 1 saturated heterocycles. The SMILES string of the molecule is CC.CCOc1ccc(Cc2cc([C@@]3(OC)CC(OCc4ccccc4)[C@H](OCc4ccccc4)C(CO)O3)ccc2Cl)cc1.N. The lowest BCUT2D eigenvalue weighted by Gasteiger charge is -2.47. The number of aliphatic hydroxyl groups excluding tert-OH is 1. The molecular weight excluding hydrogens is 602 g/mol. The first-order valence-corrected chi connectivity index (χ1v) is 16.1. The van der Waals surface area contributed by atoms with Crippen molar-refractivity contribution in [3.63, 3.8) is 0 Å². The molecule has 1 aliphatic heterocycles. The molecule has 4 atom stereocenters. The van der Waals surface area contributed by atoms with Crippen LogP contribution >= 0.6 is 11.6 Å². The molecule has 1 fully saturated rings.